The van der Waals surface area contributed by atoms with Gasteiger partial charge in [0.05, 0.1) is 12.1 Å². The van der Waals surface area contributed by atoms with E-state index >= 15 is 0 Å². The topological polar surface area (TPSA) is 220 Å². The summed E-state index contributed by atoms with van der Waals surface area (Å²) in [6, 6.07) is 11.6. The number of hydrogen-bond donors (Lipinski definition) is 7. The Hall–Kier alpha value is -3.06. The smallest absolute Gasteiger partial charge is 0.408 e. The van der Waals surface area contributed by atoms with E-state index in [0.717, 1.165) is 12.8 Å². The molecule has 2 aromatic carbocycles. The van der Waals surface area contributed by atoms with Crippen LogP contribution in [0.5, 0.6) is 11.5 Å². The van der Waals surface area contributed by atoms with Gasteiger partial charge in [0, 0.05) is 19.7 Å². The molecule has 15 nitrogen and oxygen atoms in total. The van der Waals surface area contributed by atoms with Gasteiger partial charge in [0.15, 0.2) is 6.29 Å². The highest BCUT2D eigenvalue weighted by atomic mass is 32.2. The minimum absolute atomic E-state index is 0.00622. The number of amides is 1. The first-order valence-corrected chi connectivity index (χ1v) is 16.8. The van der Waals surface area contributed by atoms with Crippen LogP contribution in [0.25, 0.3) is 0 Å². The summed E-state index contributed by atoms with van der Waals surface area (Å²) in [6.45, 7) is 5.65. The lowest BCUT2D eigenvalue weighted by atomic mass is 9.97. The fourth-order valence-corrected chi connectivity index (χ4v) is 6.80. The van der Waals surface area contributed by atoms with E-state index in [4.69, 9.17) is 18.4 Å². The Morgan fingerprint density at radius 2 is 1.70 bits per heavy atom. The molecule has 0 bridgehead atoms. The monoisotopic (exact) mass is 683 g/mol. The summed E-state index contributed by atoms with van der Waals surface area (Å²) in [6.07, 6.45) is -8.16. The lowest BCUT2D eigenvalue weighted by Crippen LogP contribution is -2.59. The lowest BCUT2D eigenvalue weighted by molar-refractivity contribution is -0.274. The molecular formula is C31H45N3O12S. The van der Waals surface area contributed by atoms with E-state index in [1.54, 1.807) is 67.5 Å². The molecule has 2 heterocycles. The van der Waals surface area contributed by atoms with E-state index in [2.05, 4.69) is 9.68 Å². The number of para-hydroxylation sites is 1. The normalized spacial score (nSPS) is 25.5. The van der Waals surface area contributed by atoms with Crippen molar-refractivity contribution in [3.05, 3.63) is 54.1 Å². The predicted molar refractivity (Wildman–Crippen MR) is 169 cm³/mol. The molecule has 0 radical (unpaired) electrons. The molecule has 0 saturated carbocycles. The van der Waals surface area contributed by atoms with Gasteiger partial charge in [-0.05, 0) is 76.3 Å². The molecule has 1 unspecified atom stereocenters. The second kappa shape index (κ2) is 15.9. The van der Waals surface area contributed by atoms with Crippen molar-refractivity contribution in [3.8, 4) is 11.5 Å². The Morgan fingerprint density at radius 3 is 2.32 bits per heavy atom. The van der Waals surface area contributed by atoms with Crippen LogP contribution in [0.15, 0.2) is 52.9 Å². The molecule has 2 aliphatic heterocycles. The van der Waals surface area contributed by atoms with Gasteiger partial charge in [-0.15, -0.1) is 4.36 Å². The average Bonchev–Trinajstić information content (AvgIpc) is 3.55. The van der Waals surface area contributed by atoms with E-state index in [1.807, 2.05) is 0 Å². The fourth-order valence-electron chi connectivity index (χ4n) is 5.06. The van der Waals surface area contributed by atoms with Gasteiger partial charge >= 0.3 is 6.09 Å². The van der Waals surface area contributed by atoms with Crippen LogP contribution >= 0.6 is 0 Å². The minimum atomic E-state index is -3.57. The molecule has 2 aliphatic rings. The van der Waals surface area contributed by atoms with Crippen molar-refractivity contribution >= 4 is 22.0 Å². The number of alkyl carbamates (subject to hydrolysis) is 1. The van der Waals surface area contributed by atoms with Gasteiger partial charge in [-0.1, -0.05) is 24.3 Å². The van der Waals surface area contributed by atoms with E-state index in [0.29, 0.717) is 18.7 Å². The summed E-state index contributed by atoms with van der Waals surface area (Å²) in [5.74, 6) is 0.281. The third-order valence-corrected chi connectivity index (χ3v) is 9.30. The second-order valence-corrected chi connectivity index (χ2v) is 14.1. The molecule has 2 aromatic rings. The van der Waals surface area contributed by atoms with Crippen molar-refractivity contribution in [1.82, 2.24) is 9.62 Å². The highest BCUT2D eigenvalue weighted by Gasteiger charge is 2.45. The van der Waals surface area contributed by atoms with E-state index in [1.165, 1.54) is 6.07 Å². The Balaban J connectivity index is 1.55. The molecule has 7 atom stereocenters. The summed E-state index contributed by atoms with van der Waals surface area (Å²) < 4.78 is 43.3. The zero-order chi connectivity index (χ0) is 34.4. The Kier molecular flexibility index (Phi) is 12.4. The second-order valence-electron chi connectivity index (χ2n) is 12.4. The Labute approximate surface area is 274 Å². The molecule has 0 aliphatic carbocycles. The van der Waals surface area contributed by atoms with Gasteiger partial charge in [0.1, 0.15) is 41.1 Å². The van der Waals surface area contributed by atoms with Crippen LogP contribution in [0.1, 0.15) is 45.6 Å². The van der Waals surface area contributed by atoms with Crippen molar-refractivity contribution in [2.24, 2.45) is 4.36 Å². The van der Waals surface area contributed by atoms with Crippen LogP contribution in [-0.2, 0) is 26.1 Å². The minimum Gasteiger partial charge on any atom is -0.460 e. The third kappa shape index (κ3) is 9.98. The van der Waals surface area contributed by atoms with E-state index in [-0.39, 0.29) is 36.6 Å². The number of benzene rings is 2. The number of nitrogens with zero attached hydrogens (tertiary/aromatic N) is 2. The summed E-state index contributed by atoms with van der Waals surface area (Å²) in [5.41, 5.74) is -0.0361. The van der Waals surface area contributed by atoms with Crippen LogP contribution in [0.3, 0.4) is 0 Å². The van der Waals surface area contributed by atoms with Gasteiger partial charge in [0.25, 0.3) is 10.2 Å². The number of ether oxygens (including phenoxy) is 3. The summed E-state index contributed by atoms with van der Waals surface area (Å²) in [7, 11) is -3.57. The zero-order valence-electron chi connectivity index (χ0n) is 26.5. The number of carbonyl (C=O) groups excluding carboxylic acids is 1. The SMILES string of the molecule is CC(C)(C)OC(=O)N[C@@H](Cc1ccc(OS(=O)(=Nc2ccccc2O[C@H]2O[C@H](CCO)[C@H](O)[C@H](O)[C@H]2O)N2CCCC2)cc1)C(O)O. The molecule has 16 heteroatoms. The van der Waals surface area contributed by atoms with E-state index < -0.39 is 64.9 Å². The molecule has 4 rings (SSSR count). The third-order valence-electron chi connectivity index (χ3n) is 7.44. The van der Waals surface area contributed by atoms with Gasteiger partial charge in [-0.3, -0.25) is 0 Å². The van der Waals surface area contributed by atoms with Gasteiger partial charge in [-0.2, -0.15) is 8.51 Å². The van der Waals surface area contributed by atoms with E-state index in [9.17, 15) is 39.6 Å². The molecule has 1 amide bonds. The maximum atomic E-state index is 14.4. The maximum Gasteiger partial charge on any atom is 0.408 e. The summed E-state index contributed by atoms with van der Waals surface area (Å²) in [4.78, 5) is 12.2. The Morgan fingerprint density at radius 1 is 1.04 bits per heavy atom. The van der Waals surface area contributed by atoms with Gasteiger partial charge < -0.3 is 54.3 Å². The number of hydrogen-bond acceptors (Lipinski definition) is 13. The fraction of sp³-hybridized carbons (Fsp3) is 0.581. The number of rotatable bonds is 12. The van der Waals surface area contributed by atoms with Crippen molar-refractivity contribution in [2.75, 3.05) is 19.7 Å². The standard InChI is InChI=1S/C31H45N3O12S/c1-31(2,3)45-30(41)32-22(28(39)40)18-19-10-12-20(13-11-19)46-47(42,34-15-6-7-16-34)33-21-8-4-5-9-23(21)43-29-27(38)26(37)25(36)24(44-29)14-17-35/h4-5,8-13,22,24-29,35-40H,6-7,14-18H2,1-3H3,(H,32,41)/t22-,24+,25-,26-,27+,29-,47?/m0/s1. The molecule has 262 valence electrons. The first-order valence-electron chi connectivity index (χ1n) is 15.4. The molecule has 0 aromatic heterocycles. The predicted octanol–water partition coefficient (Wildman–Crippen LogP) is 1.11. The van der Waals surface area contributed by atoms with Crippen LogP contribution in [0.2, 0.25) is 0 Å². The van der Waals surface area contributed by atoms with Crippen molar-refractivity contribution in [2.45, 2.75) is 95.1 Å². The van der Waals surface area contributed by atoms with Gasteiger partial charge in [-0.25, -0.2) is 4.79 Å². The van der Waals surface area contributed by atoms with Crippen molar-refractivity contribution in [1.29, 1.82) is 0 Å². The Bertz CT molecular complexity index is 1440. The molecular weight excluding hydrogens is 638 g/mol. The zero-order valence-corrected chi connectivity index (χ0v) is 27.4. The first kappa shape index (κ1) is 36.8. The summed E-state index contributed by atoms with van der Waals surface area (Å²) in [5, 5.41) is 62.5. The number of aliphatic hydroxyl groups excluding tert-OH is 5. The molecule has 47 heavy (non-hydrogen) atoms. The largest absolute Gasteiger partial charge is 0.460 e. The van der Waals surface area contributed by atoms with Gasteiger partial charge in [0.2, 0.25) is 6.29 Å². The van der Waals surface area contributed by atoms with Crippen LogP contribution in [0, 0.1) is 0 Å². The van der Waals surface area contributed by atoms with Crippen LogP contribution in [0.4, 0.5) is 10.5 Å². The highest BCUT2D eigenvalue weighted by molar-refractivity contribution is 7.87. The average molecular weight is 684 g/mol. The van der Waals surface area contributed by atoms with Crippen molar-refractivity contribution < 1.29 is 58.0 Å². The molecule has 2 fully saturated rings. The van der Waals surface area contributed by atoms with Crippen LogP contribution in [-0.4, -0.2) is 114 Å². The van der Waals surface area contributed by atoms with Crippen LogP contribution < -0.4 is 14.2 Å². The number of nitrogens with one attached hydrogen (secondary N) is 1. The molecule has 7 N–H and O–H groups in total. The maximum absolute atomic E-state index is 14.4. The first-order chi connectivity index (χ1) is 22.2. The van der Waals surface area contributed by atoms with Crippen molar-refractivity contribution in [3.63, 3.8) is 0 Å². The number of aliphatic hydroxyl groups is 6. The lowest BCUT2D eigenvalue weighted by Gasteiger charge is -2.40. The quantitative estimate of drug-likeness (QED) is 0.157. The molecule has 0 spiro atoms. The number of carbonyl (C=O) groups is 1. The summed E-state index contributed by atoms with van der Waals surface area (Å²) >= 11 is 0. The highest BCUT2D eigenvalue weighted by Crippen LogP contribution is 2.34. The molecule has 2 saturated heterocycles.